The molecule has 0 spiro atoms. The molecule has 178 valence electrons. The Kier molecular flexibility index (Phi) is 6.08. The molecular weight excluding hydrogens is 378 g/mol. The minimum atomic E-state index is -0.0448. The van der Waals surface area contributed by atoms with Gasteiger partial charge in [-0.1, -0.05) is 53.9 Å². The molecule has 1 aliphatic heterocycles. The third kappa shape index (κ3) is 3.74. The van der Waals surface area contributed by atoms with Crippen molar-refractivity contribution in [2.45, 2.75) is 117 Å². The van der Waals surface area contributed by atoms with Gasteiger partial charge in [0, 0.05) is 19.1 Å². The van der Waals surface area contributed by atoms with Gasteiger partial charge in [0.15, 0.2) is 0 Å². The van der Waals surface area contributed by atoms with Gasteiger partial charge in [0.2, 0.25) is 0 Å². The van der Waals surface area contributed by atoms with E-state index in [4.69, 9.17) is 0 Å². The van der Waals surface area contributed by atoms with Crippen molar-refractivity contribution < 1.29 is 5.11 Å². The topological polar surface area (TPSA) is 23.2 Å². The number of nitrogens with zero attached hydrogens (tertiary/aromatic N) is 1. The van der Waals surface area contributed by atoms with Gasteiger partial charge in [-0.25, -0.2) is 0 Å². The lowest BCUT2D eigenvalue weighted by Gasteiger charge is -2.63. The van der Waals surface area contributed by atoms with Gasteiger partial charge >= 0.3 is 0 Å². The van der Waals surface area contributed by atoms with E-state index < -0.39 is 0 Å². The molecule has 4 saturated carbocycles. The molecule has 0 bridgehead atoms. The van der Waals surface area contributed by atoms with E-state index in [9.17, 15) is 5.11 Å². The number of aliphatic hydroxyl groups is 1. The molecule has 1 N–H and O–H groups in total. The third-order valence-corrected chi connectivity index (χ3v) is 11.9. The fourth-order valence-corrected chi connectivity index (χ4v) is 10.2. The second-order valence-corrected chi connectivity index (χ2v) is 13.7. The molecular formula is C29H51NO. The molecule has 31 heavy (non-hydrogen) atoms. The molecule has 0 radical (unpaired) electrons. The van der Waals surface area contributed by atoms with Crippen LogP contribution in [0.15, 0.2) is 0 Å². The summed E-state index contributed by atoms with van der Waals surface area (Å²) in [6.45, 7) is 15.3. The van der Waals surface area contributed by atoms with E-state index in [0.717, 1.165) is 54.3 Å². The fraction of sp³-hybridized carbons (Fsp3) is 1.00. The molecule has 5 fully saturated rings. The van der Waals surface area contributed by atoms with E-state index >= 15 is 0 Å². The van der Waals surface area contributed by atoms with Crippen molar-refractivity contribution in [3.8, 4) is 0 Å². The first-order valence-corrected chi connectivity index (χ1v) is 14.2. The highest BCUT2D eigenvalue weighted by Crippen LogP contribution is 2.69. The normalized spacial score (nSPS) is 50.6. The fourth-order valence-electron chi connectivity index (χ4n) is 10.2. The van der Waals surface area contributed by atoms with Gasteiger partial charge in [-0.15, -0.1) is 0 Å². The van der Waals surface area contributed by atoms with Gasteiger partial charge in [-0.3, -0.25) is 4.90 Å². The Morgan fingerprint density at radius 1 is 0.903 bits per heavy atom. The van der Waals surface area contributed by atoms with Crippen molar-refractivity contribution in [1.29, 1.82) is 0 Å². The van der Waals surface area contributed by atoms with Gasteiger partial charge in [-0.2, -0.15) is 0 Å². The maximum atomic E-state index is 10.7. The molecule has 0 aromatic carbocycles. The summed E-state index contributed by atoms with van der Waals surface area (Å²) in [6, 6.07) is 0.658. The largest absolute Gasteiger partial charge is 0.393 e. The Morgan fingerprint density at radius 2 is 1.68 bits per heavy atom. The maximum Gasteiger partial charge on any atom is 0.0558 e. The summed E-state index contributed by atoms with van der Waals surface area (Å²) in [5, 5.41) is 10.7. The van der Waals surface area contributed by atoms with E-state index in [2.05, 4.69) is 39.5 Å². The second-order valence-electron chi connectivity index (χ2n) is 13.7. The number of rotatable bonds is 6. The first-order valence-electron chi connectivity index (χ1n) is 14.2. The van der Waals surface area contributed by atoms with Crippen LogP contribution in [0.1, 0.15) is 105 Å². The Bertz CT molecular complexity index is 643. The van der Waals surface area contributed by atoms with Crippen LogP contribution in [0.5, 0.6) is 0 Å². The SMILES string of the molecule is CC(C)CCC[C@@H](C)[C@H]1CC[C@H]2[C@@H]3CC[C@@H]4C[C@@H](O)CC(N5CC5)[C@]4(C)[C@H]3CC[C@]12C. The Balaban J connectivity index is 1.34. The zero-order chi connectivity index (χ0) is 22.0. The first kappa shape index (κ1) is 22.7. The van der Waals surface area contributed by atoms with Crippen LogP contribution in [0, 0.1) is 52.3 Å². The van der Waals surface area contributed by atoms with Crippen LogP contribution >= 0.6 is 0 Å². The first-order chi connectivity index (χ1) is 14.7. The molecule has 1 unspecified atom stereocenters. The zero-order valence-corrected chi connectivity index (χ0v) is 21.3. The van der Waals surface area contributed by atoms with Crippen LogP contribution < -0.4 is 0 Å². The average Bonchev–Trinajstić information content (AvgIpc) is 3.48. The minimum absolute atomic E-state index is 0.0448. The number of fused-ring (bicyclic) bond motifs is 5. The summed E-state index contributed by atoms with van der Waals surface area (Å²) in [5.41, 5.74) is 1.06. The monoisotopic (exact) mass is 429 g/mol. The lowest BCUT2D eigenvalue weighted by molar-refractivity contribution is -0.153. The molecule has 0 aromatic rings. The second kappa shape index (κ2) is 8.30. The highest BCUT2D eigenvalue weighted by molar-refractivity contribution is 5.14. The molecule has 5 rings (SSSR count). The third-order valence-electron chi connectivity index (χ3n) is 11.9. The maximum absolute atomic E-state index is 10.7. The summed E-state index contributed by atoms with van der Waals surface area (Å²) in [6.07, 6.45) is 15.2. The van der Waals surface area contributed by atoms with E-state index in [0.29, 0.717) is 16.9 Å². The Morgan fingerprint density at radius 3 is 2.39 bits per heavy atom. The molecule has 2 heteroatoms. The molecule has 0 aromatic heterocycles. The standard InChI is InChI=1S/C29H51NO/c1-19(2)7-6-8-20(3)24-11-12-25-23-10-9-21-17-22(31)18-27(30-15-16-30)29(21,5)26(23)13-14-28(24,25)4/h19-27,31H,6-18H2,1-5H3/t20-,21-,22-,23+,24-,25+,26+,27?,28-,29+/m1/s1. The Hall–Kier alpha value is -0.0800. The van der Waals surface area contributed by atoms with Crippen molar-refractivity contribution >= 4 is 0 Å². The smallest absolute Gasteiger partial charge is 0.0558 e. The molecule has 4 aliphatic carbocycles. The molecule has 1 saturated heterocycles. The summed E-state index contributed by atoms with van der Waals surface area (Å²) in [5.74, 6) is 6.35. The van der Waals surface area contributed by atoms with E-state index in [1.165, 1.54) is 70.9 Å². The number of hydrogen-bond acceptors (Lipinski definition) is 2. The predicted octanol–water partition coefficient (Wildman–Crippen LogP) is 6.76. The van der Waals surface area contributed by atoms with Gasteiger partial charge in [0.1, 0.15) is 0 Å². The van der Waals surface area contributed by atoms with Gasteiger partial charge in [0.25, 0.3) is 0 Å². The van der Waals surface area contributed by atoms with Crippen molar-refractivity contribution in [1.82, 2.24) is 4.90 Å². The molecule has 5 aliphatic rings. The highest BCUT2D eigenvalue weighted by atomic mass is 16.3. The van der Waals surface area contributed by atoms with Crippen LogP contribution in [0.3, 0.4) is 0 Å². The molecule has 1 heterocycles. The average molecular weight is 430 g/mol. The minimum Gasteiger partial charge on any atom is -0.393 e. The lowest BCUT2D eigenvalue weighted by atomic mass is 9.43. The molecule has 0 amide bonds. The van der Waals surface area contributed by atoms with Crippen LogP contribution in [0.25, 0.3) is 0 Å². The number of aliphatic hydroxyl groups excluding tert-OH is 1. The predicted molar refractivity (Wildman–Crippen MR) is 130 cm³/mol. The van der Waals surface area contributed by atoms with E-state index in [1.54, 1.807) is 0 Å². The Labute approximate surface area is 192 Å². The molecule has 2 nitrogen and oxygen atoms in total. The zero-order valence-electron chi connectivity index (χ0n) is 21.3. The summed E-state index contributed by atoms with van der Waals surface area (Å²) < 4.78 is 0. The summed E-state index contributed by atoms with van der Waals surface area (Å²) in [7, 11) is 0. The van der Waals surface area contributed by atoms with Crippen molar-refractivity contribution in [2.75, 3.05) is 13.1 Å². The quantitative estimate of drug-likeness (QED) is 0.471. The van der Waals surface area contributed by atoms with Crippen LogP contribution in [-0.4, -0.2) is 35.2 Å². The van der Waals surface area contributed by atoms with Crippen molar-refractivity contribution in [2.24, 2.45) is 52.3 Å². The summed E-state index contributed by atoms with van der Waals surface area (Å²) in [4.78, 5) is 2.72. The van der Waals surface area contributed by atoms with Gasteiger partial charge in [0.05, 0.1) is 6.10 Å². The van der Waals surface area contributed by atoms with Gasteiger partial charge in [-0.05, 0) is 104 Å². The van der Waals surface area contributed by atoms with E-state index in [1.807, 2.05) is 0 Å². The lowest BCUT2D eigenvalue weighted by Crippen LogP contribution is -2.61. The van der Waals surface area contributed by atoms with Crippen LogP contribution in [0.4, 0.5) is 0 Å². The van der Waals surface area contributed by atoms with Crippen molar-refractivity contribution in [3.63, 3.8) is 0 Å². The van der Waals surface area contributed by atoms with Gasteiger partial charge < -0.3 is 5.11 Å². The van der Waals surface area contributed by atoms with Crippen LogP contribution in [0.2, 0.25) is 0 Å². The van der Waals surface area contributed by atoms with E-state index in [-0.39, 0.29) is 6.10 Å². The highest BCUT2D eigenvalue weighted by Gasteiger charge is 2.63. The summed E-state index contributed by atoms with van der Waals surface area (Å²) >= 11 is 0. The number of hydrogen-bond donors (Lipinski definition) is 1. The molecule has 10 atom stereocenters. The van der Waals surface area contributed by atoms with Crippen LogP contribution in [-0.2, 0) is 0 Å². The van der Waals surface area contributed by atoms with Crippen molar-refractivity contribution in [3.05, 3.63) is 0 Å².